The fourth-order valence-electron chi connectivity index (χ4n) is 7.09. The third-order valence-corrected chi connectivity index (χ3v) is 8.72. The number of ether oxygens (including phenoxy) is 1. The van der Waals surface area contributed by atoms with Crippen LogP contribution in [0.4, 0.5) is 9.18 Å². The van der Waals surface area contributed by atoms with Crippen LogP contribution >= 0.6 is 0 Å². The predicted molar refractivity (Wildman–Crippen MR) is 134 cm³/mol. The van der Waals surface area contributed by atoms with Crippen molar-refractivity contribution in [2.45, 2.75) is 94.7 Å². The minimum absolute atomic E-state index is 0.00256. The average Bonchev–Trinajstić information content (AvgIpc) is 3.17. The number of likely N-dealkylation sites (tertiary alicyclic amines) is 3. The van der Waals surface area contributed by atoms with Gasteiger partial charge in [0.1, 0.15) is 23.5 Å². The van der Waals surface area contributed by atoms with Crippen molar-refractivity contribution in [2.24, 2.45) is 5.92 Å². The van der Waals surface area contributed by atoms with Gasteiger partial charge in [-0.25, -0.2) is 9.18 Å². The summed E-state index contributed by atoms with van der Waals surface area (Å²) >= 11 is 0. The number of benzene rings is 1. The Morgan fingerprint density at radius 2 is 2.03 bits per heavy atom. The van der Waals surface area contributed by atoms with Gasteiger partial charge in [-0.1, -0.05) is 6.07 Å². The molecule has 5 aliphatic rings. The van der Waals surface area contributed by atoms with Crippen LogP contribution in [0, 0.1) is 23.1 Å². The van der Waals surface area contributed by atoms with Crippen LogP contribution in [-0.4, -0.2) is 81.5 Å². The van der Waals surface area contributed by atoms with E-state index in [-0.39, 0.29) is 48.3 Å². The number of alkyl carbamates (subject to hydrolysis) is 1. The van der Waals surface area contributed by atoms with Crippen molar-refractivity contribution in [1.82, 2.24) is 20.0 Å². The van der Waals surface area contributed by atoms with Gasteiger partial charge in [-0.2, -0.15) is 5.26 Å². The van der Waals surface area contributed by atoms with Gasteiger partial charge in [0.15, 0.2) is 0 Å². The molecular weight excluding hydrogens is 489 g/mol. The molecule has 0 radical (unpaired) electrons. The van der Waals surface area contributed by atoms with Gasteiger partial charge < -0.3 is 19.9 Å². The van der Waals surface area contributed by atoms with Crippen LogP contribution in [0.2, 0.25) is 0 Å². The Bertz CT molecular complexity index is 1220. The van der Waals surface area contributed by atoms with E-state index in [1.54, 1.807) is 37.8 Å². The van der Waals surface area contributed by atoms with Crippen molar-refractivity contribution in [3.8, 4) is 6.07 Å². The van der Waals surface area contributed by atoms with Crippen molar-refractivity contribution >= 4 is 17.9 Å². The highest BCUT2D eigenvalue weighted by molar-refractivity contribution is 5.89. The van der Waals surface area contributed by atoms with E-state index < -0.39 is 23.8 Å². The summed E-state index contributed by atoms with van der Waals surface area (Å²) < 4.78 is 19.2. The van der Waals surface area contributed by atoms with Gasteiger partial charge in [0.2, 0.25) is 11.8 Å². The molecular formula is C28H34FN5O4. The number of aryl methyl sites for hydroxylation is 1. The van der Waals surface area contributed by atoms with Crippen molar-refractivity contribution < 1.29 is 23.5 Å². The zero-order valence-corrected chi connectivity index (χ0v) is 22.0. The Morgan fingerprint density at radius 3 is 2.74 bits per heavy atom. The summed E-state index contributed by atoms with van der Waals surface area (Å²) in [7, 11) is 0. The molecule has 1 N–H and O–H groups in total. The largest absolute Gasteiger partial charge is 0.444 e. The lowest BCUT2D eigenvalue weighted by atomic mass is 10.1. The van der Waals surface area contributed by atoms with Gasteiger partial charge in [0.25, 0.3) is 0 Å². The molecule has 2 bridgehead atoms. The van der Waals surface area contributed by atoms with Gasteiger partial charge in [0.05, 0.1) is 18.2 Å². The van der Waals surface area contributed by atoms with Crippen molar-refractivity contribution in [3.63, 3.8) is 0 Å². The second-order valence-electron chi connectivity index (χ2n) is 12.4. The maximum absolute atomic E-state index is 13.7. The predicted octanol–water partition coefficient (Wildman–Crippen LogP) is 2.50. The smallest absolute Gasteiger partial charge is 0.408 e. The fraction of sp³-hybridized carbons (Fsp3) is 0.643. The molecule has 9 nitrogen and oxygen atoms in total. The van der Waals surface area contributed by atoms with Crippen LogP contribution in [0.25, 0.3) is 0 Å². The molecule has 1 aromatic rings. The lowest BCUT2D eigenvalue weighted by Crippen LogP contribution is -2.59. The lowest BCUT2D eigenvalue weighted by molar-refractivity contribution is -0.141. The number of rotatable bonds is 5. The van der Waals surface area contributed by atoms with E-state index in [2.05, 4.69) is 11.4 Å². The molecule has 6 rings (SSSR count). The third-order valence-electron chi connectivity index (χ3n) is 8.72. The van der Waals surface area contributed by atoms with Crippen molar-refractivity contribution in [2.75, 3.05) is 13.1 Å². The number of piperidine rings is 1. The average molecular weight is 524 g/mol. The number of carbonyl (C=O) groups excluding carboxylic acids is 3. The van der Waals surface area contributed by atoms with Crippen LogP contribution in [0.5, 0.6) is 0 Å². The van der Waals surface area contributed by atoms with Crippen LogP contribution in [0.15, 0.2) is 18.2 Å². The number of amides is 3. The second-order valence-corrected chi connectivity index (χ2v) is 12.4. The lowest BCUT2D eigenvalue weighted by Gasteiger charge is -2.39. The monoisotopic (exact) mass is 523 g/mol. The molecule has 0 aromatic heterocycles. The highest BCUT2D eigenvalue weighted by atomic mass is 19.1. The molecule has 1 saturated carbocycles. The number of carbonyl (C=O) groups is 3. The summed E-state index contributed by atoms with van der Waals surface area (Å²) in [4.78, 5) is 45.6. The maximum Gasteiger partial charge on any atom is 0.408 e. The van der Waals surface area contributed by atoms with E-state index in [1.165, 1.54) is 6.07 Å². The topological polar surface area (TPSA) is 106 Å². The first-order valence-corrected chi connectivity index (χ1v) is 13.6. The number of nitriles is 1. The van der Waals surface area contributed by atoms with Gasteiger partial charge in [-0.05, 0) is 82.1 Å². The van der Waals surface area contributed by atoms with E-state index in [1.807, 2.05) is 9.80 Å². The maximum atomic E-state index is 13.7. The molecule has 1 aromatic carbocycles. The molecule has 7 atom stereocenters. The van der Waals surface area contributed by atoms with Gasteiger partial charge in [-0.3, -0.25) is 14.5 Å². The molecule has 3 heterocycles. The van der Waals surface area contributed by atoms with Crippen LogP contribution in [0.1, 0.15) is 63.6 Å². The van der Waals surface area contributed by atoms with Gasteiger partial charge >= 0.3 is 6.09 Å². The molecule has 2 aliphatic carbocycles. The molecule has 4 fully saturated rings. The Morgan fingerprint density at radius 1 is 1.24 bits per heavy atom. The minimum Gasteiger partial charge on any atom is -0.444 e. The first-order valence-electron chi connectivity index (χ1n) is 13.6. The first kappa shape index (κ1) is 25.1. The minimum atomic E-state index is -0.921. The van der Waals surface area contributed by atoms with E-state index in [4.69, 9.17) is 4.74 Å². The fourth-order valence-corrected chi connectivity index (χ4v) is 7.09. The highest BCUT2D eigenvalue weighted by Crippen LogP contribution is 2.48. The third kappa shape index (κ3) is 4.31. The number of hydrogen-bond acceptors (Lipinski definition) is 6. The van der Waals surface area contributed by atoms with Crippen LogP contribution in [0.3, 0.4) is 0 Å². The zero-order chi connectivity index (χ0) is 26.9. The molecule has 3 amide bonds. The Balaban J connectivity index is 1.18. The van der Waals surface area contributed by atoms with E-state index in [0.717, 1.165) is 30.4 Å². The summed E-state index contributed by atoms with van der Waals surface area (Å²) in [5.74, 6) is -0.171. The molecule has 38 heavy (non-hydrogen) atoms. The summed E-state index contributed by atoms with van der Waals surface area (Å²) in [6, 6.07) is 5.27. The molecule has 0 spiro atoms. The number of nitrogens with one attached hydrogen (secondary N) is 1. The Kier molecular flexibility index (Phi) is 5.91. The Hall–Kier alpha value is -3.19. The van der Waals surface area contributed by atoms with Gasteiger partial charge in [-0.15, -0.1) is 0 Å². The van der Waals surface area contributed by atoms with E-state index in [0.29, 0.717) is 25.3 Å². The molecule has 10 heteroatoms. The highest BCUT2D eigenvalue weighted by Gasteiger charge is 2.57. The van der Waals surface area contributed by atoms with E-state index in [9.17, 15) is 24.0 Å². The van der Waals surface area contributed by atoms with Crippen LogP contribution < -0.4 is 5.32 Å². The standard InChI is InChI=1S/C28H34FN5O4/c1-28(2,3)38-27(37)31-21(25(35)33-18(12-30)9-16-10-23(16)33)14-32-13-19-11-24(32)26(36)34(19)22-7-4-15-8-17(29)5-6-20(15)22/h5-6,8,16,18-19,21-24H,4,7,9-11,13-14H2,1-3H3,(H,31,37)/t16-,18+,19+,21+,22+,23+,24+/m1/s1. The number of piperazine rings is 1. The first-order chi connectivity index (χ1) is 18.0. The van der Waals surface area contributed by atoms with Gasteiger partial charge in [0, 0.05) is 25.2 Å². The second kappa shape index (κ2) is 8.94. The van der Waals surface area contributed by atoms with Crippen molar-refractivity contribution in [3.05, 3.63) is 35.1 Å². The van der Waals surface area contributed by atoms with E-state index >= 15 is 0 Å². The molecule has 3 saturated heterocycles. The van der Waals surface area contributed by atoms with Crippen LogP contribution in [-0.2, 0) is 20.7 Å². The summed E-state index contributed by atoms with van der Waals surface area (Å²) in [5.41, 5.74) is 1.26. The van der Waals surface area contributed by atoms with Crippen molar-refractivity contribution in [1.29, 1.82) is 5.26 Å². The number of hydrogen-bond donors (Lipinski definition) is 1. The summed E-state index contributed by atoms with van der Waals surface area (Å²) in [6.45, 7) is 6.04. The molecule has 0 unspecified atom stereocenters. The quantitative estimate of drug-likeness (QED) is 0.636. The molecule has 202 valence electrons. The Labute approximate surface area is 221 Å². The normalized spacial score (nSPS) is 32.1. The number of nitrogens with zero attached hydrogens (tertiary/aromatic N) is 4. The summed E-state index contributed by atoms with van der Waals surface area (Å²) in [5, 5.41) is 12.4. The SMILES string of the molecule is CC(C)(C)OC(=O)N[C@@H](CN1C[C@@H]2C[C@H]1C(=O)N2[C@H]1CCc2cc(F)ccc21)C(=O)N1[C@H](C#N)C[C@@H]2C[C@@H]21. The number of fused-ring (bicyclic) bond motifs is 4. The molecule has 3 aliphatic heterocycles. The number of halogens is 1. The zero-order valence-electron chi connectivity index (χ0n) is 22.0. The summed E-state index contributed by atoms with van der Waals surface area (Å²) in [6.07, 6.45) is 3.05.